The van der Waals surface area contributed by atoms with Crippen molar-refractivity contribution in [3.05, 3.63) is 34.6 Å². The van der Waals surface area contributed by atoms with Crippen LogP contribution in [0.2, 0.25) is 5.02 Å². The topological polar surface area (TPSA) is 12.0 Å². The summed E-state index contributed by atoms with van der Waals surface area (Å²) in [6, 6.07) is 5.39. The van der Waals surface area contributed by atoms with Gasteiger partial charge in [0.1, 0.15) is 5.82 Å². The lowest BCUT2D eigenvalue weighted by Gasteiger charge is -2.30. The number of halogens is 2. The molecule has 0 fully saturated rings. The average Bonchev–Trinajstić information content (AvgIpc) is 2.22. The maximum Gasteiger partial charge on any atom is 0.141 e. The fourth-order valence-electron chi connectivity index (χ4n) is 2.02. The van der Waals surface area contributed by atoms with Gasteiger partial charge in [0.25, 0.3) is 0 Å². The van der Waals surface area contributed by atoms with Gasteiger partial charge in [-0.3, -0.25) is 0 Å². The molecule has 0 aliphatic rings. The lowest BCUT2D eigenvalue weighted by Crippen LogP contribution is -2.38. The summed E-state index contributed by atoms with van der Waals surface area (Å²) in [4.78, 5) is 0. The Labute approximate surface area is 108 Å². The molecule has 0 amide bonds. The molecule has 1 unspecified atom stereocenters. The van der Waals surface area contributed by atoms with E-state index in [-0.39, 0.29) is 16.3 Å². The molecule has 0 saturated carbocycles. The van der Waals surface area contributed by atoms with Crippen LogP contribution in [0.5, 0.6) is 0 Å². The summed E-state index contributed by atoms with van der Waals surface area (Å²) >= 11 is 5.76. The summed E-state index contributed by atoms with van der Waals surface area (Å²) in [5.74, 6) is -0.351. The third-order valence-electron chi connectivity index (χ3n) is 3.10. The first-order valence-electron chi connectivity index (χ1n) is 5.96. The second-order valence-corrected chi connectivity index (χ2v) is 5.90. The molecular weight excluding hydrogens is 237 g/mol. The van der Waals surface area contributed by atoms with E-state index in [1.807, 2.05) is 7.05 Å². The predicted octanol–water partition coefficient (Wildman–Crippen LogP) is 4.05. The highest BCUT2D eigenvalue weighted by atomic mass is 35.5. The standard InChI is InChI=1S/C14H21ClFN/c1-14(2,3)13(17-4)8-6-10-5-7-12(16)11(15)9-10/h5,7,9,13,17H,6,8H2,1-4H3. The van der Waals surface area contributed by atoms with Crippen LogP contribution in [0.1, 0.15) is 32.8 Å². The lowest BCUT2D eigenvalue weighted by molar-refractivity contribution is 0.268. The zero-order chi connectivity index (χ0) is 13.1. The minimum absolute atomic E-state index is 0.208. The van der Waals surface area contributed by atoms with Gasteiger partial charge in [-0.2, -0.15) is 0 Å². The van der Waals surface area contributed by atoms with E-state index >= 15 is 0 Å². The molecule has 1 aromatic rings. The van der Waals surface area contributed by atoms with Gasteiger partial charge in [-0.05, 0) is 43.0 Å². The van der Waals surface area contributed by atoms with Gasteiger partial charge in [0.2, 0.25) is 0 Å². The van der Waals surface area contributed by atoms with Crippen molar-refractivity contribution in [3.8, 4) is 0 Å². The molecule has 0 radical (unpaired) electrons. The van der Waals surface area contributed by atoms with E-state index in [2.05, 4.69) is 26.1 Å². The van der Waals surface area contributed by atoms with Gasteiger partial charge in [-0.15, -0.1) is 0 Å². The quantitative estimate of drug-likeness (QED) is 0.858. The normalized spacial score (nSPS) is 13.8. The van der Waals surface area contributed by atoms with Crippen molar-refractivity contribution in [2.75, 3.05) is 7.05 Å². The molecule has 1 atom stereocenters. The van der Waals surface area contributed by atoms with Crippen LogP contribution in [0.3, 0.4) is 0 Å². The van der Waals surface area contributed by atoms with Crippen LogP contribution in [-0.2, 0) is 6.42 Å². The van der Waals surface area contributed by atoms with Crippen LogP contribution in [0.4, 0.5) is 4.39 Å². The van der Waals surface area contributed by atoms with Crippen LogP contribution in [0, 0.1) is 11.2 Å². The summed E-state index contributed by atoms with van der Waals surface area (Å²) in [6.45, 7) is 6.64. The highest BCUT2D eigenvalue weighted by Crippen LogP contribution is 2.24. The van der Waals surface area contributed by atoms with Crippen LogP contribution in [0.15, 0.2) is 18.2 Å². The molecule has 1 rings (SSSR count). The third kappa shape index (κ3) is 4.29. The molecule has 0 aromatic heterocycles. The van der Waals surface area contributed by atoms with E-state index in [4.69, 9.17) is 11.6 Å². The molecule has 1 aromatic carbocycles. The largest absolute Gasteiger partial charge is 0.316 e. The van der Waals surface area contributed by atoms with Gasteiger partial charge in [0.15, 0.2) is 0 Å². The first kappa shape index (κ1) is 14.5. The van der Waals surface area contributed by atoms with Crippen LogP contribution in [0.25, 0.3) is 0 Å². The monoisotopic (exact) mass is 257 g/mol. The minimum Gasteiger partial charge on any atom is -0.316 e. The molecule has 0 aliphatic carbocycles. The highest BCUT2D eigenvalue weighted by molar-refractivity contribution is 6.30. The number of nitrogens with one attached hydrogen (secondary N) is 1. The summed E-state index contributed by atoms with van der Waals surface area (Å²) in [6.07, 6.45) is 1.92. The lowest BCUT2D eigenvalue weighted by atomic mass is 9.83. The fourth-order valence-corrected chi connectivity index (χ4v) is 2.22. The summed E-state index contributed by atoms with van der Waals surface area (Å²) in [5, 5.41) is 3.54. The Morgan fingerprint density at radius 3 is 2.47 bits per heavy atom. The van der Waals surface area contributed by atoms with Crippen molar-refractivity contribution < 1.29 is 4.39 Å². The number of rotatable bonds is 4. The Morgan fingerprint density at radius 1 is 1.35 bits per heavy atom. The highest BCUT2D eigenvalue weighted by Gasteiger charge is 2.22. The molecule has 1 N–H and O–H groups in total. The van der Waals surface area contributed by atoms with E-state index < -0.39 is 0 Å². The predicted molar refractivity (Wildman–Crippen MR) is 72.0 cm³/mol. The van der Waals surface area contributed by atoms with Gasteiger partial charge in [0.05, 0.1) is 5.02 Å². The van der Waals surface area contributed by atoms with Crippen molar-refractivity contribution in [1.29, 1.82) is 0 Å². The third-order valence-corrected chi connectivity index (χ3v) is 3.39. The molecule has 0 aliphatic heterocycles. The summed E-state index contributed by atoms with van der Waals surface area (Å²) < 4.78 is 13.0. The zero-order valence-electron chi connectivity index (χ0n) is 11.0. The molecule has 17 heavy (non-hydrogen) atoms. The minimum atomic E-state index is -0.351. The summed E-state index contributed by atoms with van der Waals surface area (Å²) in [5.41, 5.74) is 1.30. The Bertz CT molecular complexity index is 371. The van der Waals surface area contributed by atoms with Crippen molar-refractivity contribution >= 4 is 11.6 Å². The van der Waals surface area contributed by atoms with Crippen LogP contribution >= 0.6 is 11.6 Å². The first-order valence-corrected chi connectivity index (χ1v) is 6.33. The molecule has 3 heteroatoms. The second kappa shape index (κ2) is 5.83. The van der Waals surface area contributed by atoms with Gasteiger partial charge >= 0.3 is 0 Å². The Hall–Kier alpha value is -0.600. The zero-order valence-corrected chi connectivity index (χ0v) is 11.7. The Balaban J connectivity index is 2.63. The number of benzene rings is 1. The Kier molecular flexibility index (Phi) is 4.96. The van der Waals surface area contributed by atoms with Crippen molar-refractivity contribution in [3.63, 3.8) is 0 Å². The van der Waals surface area contributed by atoms with Gasteiger partial charge < -0.3 is 5.32 Å². The Morgan fingerprint density at radius 2 is 2.00 bits per heavy atom. The van der Waals surface area contributed by atoms with Gasteiger partial charge in [-0.1, -0.05) is 38.4 Å². The molecule has 0 heterocycles. The van der Waals surface area contributed by atoms with Crippen LogP contribution < -0.4 is 5.32 Å². The number of hydrogen-bond acceptors (Lipinski definition) is 1. The smallest absolute Gasteiger partial charge is 0.141 e. The van der Waals surface area contributed by atoms with E-state index in [1.165, 1.54) is 6.07 Å². The second-order valence-electron chi connectivity index (χ2n) is 5.49. The first-order chi connectivity index (χ1) is 7.84. The summed E-state index contributed by atoms with van der Waals surface area (Å²) in [7, 11) is 1.98. The van der Waals surface area contributed by atoms with E-state index in [0.717, 1.165) is 18.4 Å². The van der Waals surface area contributed by atoms with Crippen LogP contribution in [-0.4, -0.2) is 13.1 Å². The maximum atomic E-state index is 13.0. The van der Waals surface area contributed by atoms with Crippen molar-refractivity contribution in [1.82, 2.24) is 5.32 Å². The van der Waals surface area contributed by atoms with E-state index in [9.17, 15) is 4.39 Å². The number of hydrogen-bond donors (Lipinski definition) is 1. The van der Waals surface area contributed by atoms with Crippen molar-refractivity contribution in [2.24, 2.45) is 5.41 Å². The molecule has 0 spiro atoms. The maximum absolute atomic E-state index is 13.0. The van der Waals surface area contributed by atoms with Gasteiger partial charge in [-0.25, -0.2) is 4.39 Å². The van der Waals surface area contributed by atoms with Crippen molar-refractivity contribution in [2.45, 2.75) is 39.7 Å². The van der Waals surface area contributed by atoms with E-state index in [1.54, 1.807) is 12.1 Å². The SMILES string of the molecule is CNC(CCc1ccc(F)c(Cl)c1)C(C)(C)C. The molecule has 1 nitrogen and oxygen atoms in total. The molecular formula is C14H21ClFN. The number of aryl methyl sites for hydroxylation is 1. The van der Waals surface area contributed by atoms with Gasteiger partial charge in [0, 0.05) is 6.04 Å². The average molecular weight is 258 g/mol. The molecule has 0 bridgehead atoms. The fraction of sp³-hybridized carbons (Fsp3) is 0.571. The molecule has 0 saturated heterocycles. The molecule has 96 valence electrons. The van der Waals surface area contributed by atoms with E-state index in [0.29, 0.717) is 6.04 Å².